The lowest BCUT2D eigenvalue weighted by Crippen LogP contribution is -2.12. The van der Waals surface area contributed by atoms with Crippen molar-refractivity contribution in [3.05, 3.63) is 17.5 Å². The summed E-state index contributed by atoms with van der Waals surface area (Å²) in [6, 6.07) is 2.66. The van der Waals surface area contributed by atoms with Crippen LogP contribution in [0, 0.1) is 0 Å². The summed E-state index contributed by atoms with van der Waals surface area (Å²) in [5.74, 6) is 1.76. The van der Waals surface area contributed by atoms with E-state index in [0.29, 0.717) is 12.0 Å². The Morgan fingerprint density at radius 1 is 1.00 bits per heavy atom. The molecule has 2 aliphatic rings. The molecule has 1 unspecified atom stereocenters. The highest BCUT2D eigenvalue weighted by Crippen LogP contribution is 2.33. The molecule has 1 saturated carbocycles. The molecule has 1 aromatic heterocycles. The second kappa shape index (κ2) is 5.87. The van der Waals surface area contributed by atoms with Crippen LogP contribution in [0.15, 0.2) is 10.6 Å². The van der Waals surface area contributed by atoms with Gasteiger partial charge in [0.05, 0.1) is 6.04 Å². The molecule has 0 aromatic carbocycles. The van der Waals surface area contributed by atoms with E-state index in [1.54, 1.807) is 0 Å². The van der Waals surface area contributed by atoms with Crippen LogP contribution in [0.1, 0.15) is 81.2 Å². The Hall–Kier alpha value is -0.830. The minimum absolute atomic E-state index is 0.441. The number of aromatic nitrogens is 1. The highest BCUT2D eigenvalue weighted by molar-refractivity contribution is 5.14. The quantitative estimate of drug-likeness (QED) is 0.861. The van der Waals surface area contributed by atoms with Gasteiger partial charge in [0.1, 0.15) is 11.5 Å². The van der Waals surface area contributed by atoms with Crippen LogP contribution in [0.5, 0.6) is 0 Å². The molecule has 2 heterocycles. The molecule has 1 aromatic rings. The van der Waals surface area contributed by atoms with E-state index >= 15 is 0 Å². The van der Waals surface area contributed by atoms with Crippen LogP contribution in [0.25, 0.3) is 0 Å². The van der Waals surface area contributed by atoms with Crippen molar-refractivity contribution in [3.63, 3.8) is 0 Å². The average molecular weight is 248 g/mol. The fourth-order valence-electron chi connectivity index (χ4n) is 3.34. The Bertz CT molecular complexity index is 360. The molecule has 1 N–H and O–H groups in total. The summed E-state index contributed by atoms with van der Waals surface area (Å²) in [6.45, 7) is 1.12. The third kappa shape index (κ3) is 2.77. The Labute approximate surface area is 109 Å². The van der Waals surface area contributed by atoms with Gasteiger partial charge in [-0.2, -0.15) is 0 Å². The van der Waals surface area contributed by atoms with Gasteiger partial charge in [-0.1, -0.05) is 37.3 Å². The molecule has 100 valence electrons. The smallest absolute Gasteiger partial charge is 0.140 e. The molecule has 3 nitrogen and oxygen atoms in total. The summed E-state index contributed by atoms with van der Waals surface area (Å²) in [6.07, 6.45) is 11.9. The van der Waals surface area contributed by atoms with Crippen molar-refractivity contribution in [1.82, 2.24) is 10.5 Å². The molecule has 2 fully saturated rings. The first kappa shape index (κ1) is 12.2. The van der Waals surface area contributed by atoms with Crippen molar-refractivity contribution in [1.29, 1.82) is 0 Å². The van der Waals surface area contributed by atoms with Crippen molar-refractivity contribution >= 4 is 0 Å². The molecule has 1 aliphatic heterocycles. The molecule has 0 radical (unpaired) electrons. The molecule has 0 amide bonds. The molecule has 1 aliphatic carbocycles. The zero-order valence-corrected chi connectivity index (χ0v) is 11.2. The van der Waals surface area contributed by atoms with E-state index in [1.165, 1.54) is 57.8 Å². The van der Waals surface area contributed by atoms with Crippen molar-refractivity contribution in [2.45, 2.75) is 69.7 Å². The van der Waals surface area contributed by atoms with Crippen molar-refractivity contribution in [3.8, 4) is 0 Å². The molecule has 3 rings (SSSR count). The second-order valence-electron chi connectivity index (χ2n) is 5.85. The van der Waals surface area contributed by atoms with Gasteiger partial charge in [-0.25, -0.2) is 0 Å². The second-order valence-corrected chi connectivity index (χ2v) is 5.85. The maximum Gasteiger partial charge on any atom is 0.140 e. The molecular weight excluding hydrogens is 224 g/mol. The Balaban J connectivity index is 1.66. The van der Waals surface area contributed by atoms with Gasteiger partial charge < -0.3 is 9.84 Å². The lowest BCUT2D eigenvalue weighted by Gasteiger charge is -2.16. The zero-order chi connectivity index (χ0) is 12.2. The Morgan fingerprint density at radius 2 is 1.78 bits per heavy atom. The van der Waals surface area contributed by atoms with Crippen LogP contribution in [0.2, 0.25) is 0 Å². The summed E-state index contributed by atoms with van der Waals surface area (Å²) in [5.41, 5.74) is 1.13. The number of rotatable bonds is 2. The van der Waals surface area contributed by atoms with Crippen LogP contribution >= 0.6 is 0 Å². The van der Waals surface area contributed by atoms with Gasteiger partial charge in [0.2, 0.25) is 0 Å². The molecule has 3 heteroatoms. The average Bonchev–Trinajstić information content (AvgIpc) is 2.98. The SMILES string of the molecule is c1c(C2CCCN2)noc1C1CCCCCCC1. The van der Waals surface area contributed by atoms with E-state index in [-0.39, 0.29) is 0 Å². The number of hydrogen-bond donors (Lipinski definition) is 1. The van der Waals surface area contributed by atoms with Crippen LogP contribution in [-0.4, -0.2) is 11.7 Å². The number of nitrogens with one attached hydrogen (secondary N) is 1. The summed E-state index contributed by atoms with van der Waals surface area (Å²) in [4.78, 5) is 0. The normalized spacial score (nSPS) is 27.0. The van der Waals surface area contributed by atoms with Crippen molar-refractivity contribution in [2.24, 2.45) is 0 Å². The molecular formula is C15H24N2O. The first-order valence-corrected chi connectivity index (χ1v) is 7.63. The highest BCUT2D eigenvalue weighted by atomic mass is 16.5. The standard InChI is InChI=1S/C15H24N2O/c1-2-4-7-12(8-5-3-1)15-11-14(17-18-15)13-9-6-10-16-13/h11-13,16H,1-10H2. The van der Waals surface area contributed by atoms with E-state index in [9.17, 15) is 0 Å². The predicted octanol–water partition coefficient (Wildman–Crippen LogP) is 3.93. The number of nitrogens with zero attached hydrogens (tertiary/aromatic N) is 1. The molecule has 0 spiro atoms. The topological polar surface area (TPSA) is 38.1 Å². The third-order valence-corrected chi connectivity index (χ3v) is 4.47. The number of hydrogen-bond acceptors (Lipinski definition) is 3. The van der Waals surface area contributed by atoms with Crippen molar-refractivity contribution < 1.29 is 4.52 Å². The van der Waals surface area contributed by atoms with Gasteiger partial charge in [-0.3, -0.25) is 0 Å². The molecule has 1 saturated heterocycles. The fourth-order valence-corrected chi connectivity index (χ4v) is 3.34. The molecule has 1 atom stereocenters. The van der Waals surface area contributed by atoms with Crippen LogP contribution < -0.4 is 5.32 Å². The van der Waals surface area contributed by atoms with Gasteiger partial charge in [-0.05, 0) is 32.2 Å². The molecule has 0 bridgehead atoms. The first-order valence-electron chi connectivity index (χ1n) is 7.63. The summed E-state index contributed by atoms with van der Waals surface area (Å²) in [5, 5.41) is 7.78. The van der Waals surface area contributed by atoms with E-state index in [2.05, 4.69) is 16.5 Å². The fraction of sp³-hybridized carbons (Fsp3) is 0.800. The van der Waals surface area contributed by atoms with Gasteiger partial charge in [0.15, 0.2) is 0 Å². The van der Waals surface area contributed by atoms with E-state index in [1.807, 2.05) is 0 Å². The highest BCUT2D eigenvalue weighted by Gasteiger charge is 2.23. The minimum Gasteiger partial charge on any atom is -0.361 e. The van der Waals surface area contributed by atoms with Crippen LogP contribution in [0.4, 0.5) is 0 Å². The zero-order valence-electron chi connectivity index (χ0n) is 11.2. The van der Waals surface area contributed by atoms with Crippen molar-refractivity contribution in [2.75, 3.05) is 6.54 Å². The minimum atomic E-state index is 0.441. The van der Waals surface area contributed by atoms with Gasteiger partial charge in [0, 0.05) is 12.0 Å². The van der Waals surface area contributed by atoms with Gasteiger partial charge in [-0.15, -0.1) is 0 Å². The molecule has 18 heavy (non-hydrogen) atoms. The predicted molar refractivity (Wildman–Crippen MR) is 71.5 cm³/mol. The van der Waals surface area contributed by atoms with E-state index < -0.39 is 0 Å². The van der Waals surface area contributed by atoms with Crippen LogP contribution in [0.3, 0.4) is 0 Å². The third-order valence-electron chi connectivity index (χ3n) is 4.47. The lowest BCUT2D eigenvalue weighted by atomic mass is 9.89. The van der Waals surface area contributed by atoms with Crippen LogP contribution in [-0.2, 0) is 0 Å². The summed E-state index contributed by atoms with van der Waals surface area (Å²) < 4.78 is 5.62. The maximum atomic E-state index is 5.62. The largest absolute Gasteiger partial charge is 0.361 e. The summed E-state index contributed by atoms with van der Waals surface area (Å²) in [7, 11) is 0. The van der Waals surface area contributed by atoms with E-state index in [4.69, 9.17) is 4.52 Å². The lowest BCUT2D eigenvalue weighted by molar-refractivity contribution is 0.324. The monoisotopic (exact) mass is 248 g/mol. The Morgan fingerprint density at radius 3 is 2.50 bits per heavy atom. The van der Waals surface area contributed by atoms with E-state index in [0.717, 1.165) is 18.0 Å². The Kier molecular flexibility index (Phi) is 3.99. The van der Waals surface area contributed by atoms with Gasteiger partial charge >= 0.3 is 0 Å². The summed E-state index contributed by atoms with van der Waals surface area (Å²) >= 11 is 0. The van der Waals surface area contributed by atoms with Gasteiger partial charge in [0.25, 0.3) is 0 Å². The maximum absolute atomic E-state index is 5.62. The first-order chi connectivity index (χ1) is 8.93.